The molecule has 1 aliphatic heterocycles. The molecule has 0 aliphatic carbocycles. The van der Waals surface area contributed by atoms with Gasteiger partial charge in [0.2, 0.25) is 0 Å². The van der Waals surface area contributed by atoms with Crippen molar-refractivity contribution >= 4 is 6.03 Å². The second kappa shape index (κ2) is 5.20. The maximum absolute atomic E-state index is 11.6. The highest BCUT2D eigenvalue weighted by molar-refractivity contribution is 5.73. The van der Waals surface area contributed by atoms with Gasteiger partial charge in [-0.15, -0.1) is 0 Å². The van der Waals surface area contributed by atoms with Crippen molar-refractivity contribution in [2.75, 3.05) is 33.7 Å². The topological polar surface area (TPSA) is 49.6 Å². The molecule has 1 rings (SSSR count). The van der Waals surface area contributed by atoms with E-state index in [9.17, 15) is 4.79 Å². The van der Waals surface area contributed by atoms with E-state index in [2.05, 4.69) is 0 Å². The number of rotatable bonds is 2. The Morgan fingerprint density at radius 2 is 2.00 bits per heavy atom. The van der Waals surface area contributed by atoms with Crippen LogP contribution in [0.25, 0.3) is 0 Å². The minimum Gasteiger partial charge on any atom is -0.331 e. The molecule has 1 fully saturated rings. The zero-order valence-electron chi connectivity index (χ0n) is 9.20. The average Bonchev–Trinajstić information content (AvgIpc) is 2.18. The monoisotopic (exact) mass is 199 g/mol. The SMILES string of the molecule is CN(C)C(=O)N1CCC(CCN)CC1. The van der Waals surface area contributed by atoms with E-state index in [0.717, 1.165) is 44.8 Å². The molecule has 0 saturated carbocycles. The van der Waals surface area contributed by atoms with Crippen molar-refractivity contribution in [3.05, 3.63) is 0 Å². The molecule has 0 aromatic rings. The quantitative estimate of drug-likeness (QED) is 0.712. The van der Waals surface area contributed by atoms with E-state index in [0.29, 0.717) is 0 Å². The van der Waals surface area contributed by atoms with E-state index in [1.165, 1.54) is 0 Å². The number of nitrogens with two attached hydrogens (primary N) is 1. The Morgan fingerprint density at radius 3 is 2.43 bits per heavy atom. The first-order valence-electron chi connectivity index (χ1n) is 5.31. The lowest BCUT2D eigenvalue weighted by molar-refractivity contribution is 0.146. The van der Waals surface area contributed by atoms with Crippen LogP contribution in [0.5, 0.6) is 0 Å². The molecule has 4 nitrogen and oxygen atoms in total. The fraction of sp³-hybridized carbons (Fsp3) is 0.900. The van der Waals surface area contributed by atoms with Crippen LogP contribution in [0.15, 0.2) is 0 Å². The first-order chi connectivity index (χ1) is 6.65. The molecule has 0 unspecified atom stereocenters. The maximum atomic E-state index is 11.6. The van der Waals surface area contributed by atoms with Gasteiger partial charge in [-0.2, -0.15) is 0 Å². The fourth-order valence-corrected chi connectivity index (χ4v) is 1.93. The zero-order chi connectivity index (χ0) is 10.6. The summed E-state index contributed by atoms with van der Waals surface area (Å²) >= 11 is 0. The highest BCUT2D eigenvalue weighted by Crippen LogP contribution is 2.20. The van der Waals surface area contributed by atoms with Crippen LogP contribution in [0.2, 0.25) is 0 Å². The van der Waals surface area contributed by atoms with Crippen LogP contribution >= 0.6 is 0 Å². The summed E-state index contributed by atoms with van der Waals surface area (Å²) < 4.78 is 0. The smallest absolute Gasteiger partial charge is 0.319 e. The van der Waals surface area contributed by atoms with E-state index in [-0.39, 0.29) is 6.03 Å². The highest BCUT2D eigenvalue weighted by Gasteiger charge is 2.22. The van der Waals surface area contributed by atoms with E-state index in [1.807, 2.05) is 4.90 Å². The highest BCUT2D eigenvalue weighted by atomic mass is 16.2. The number of carbonyl (C=O) groups is 1. The molecule has 0 aromatic carbocycles. The molecule has 4 heteroatoms. The number of amides is 2. The van der Waals surface area contributed by atoms with Gasteiger partial charge in [-0.25, -0.2) is 4.79 Å². The summed E-state index contributed by atoms with van der Waals surface area (Å²) in [6, 6.07) is 0.135. The molecule has 2 N–H and O–H groups in total. The van der Waals surface area contributed by atoms with Gasteiger partial charge in [0.1, 0.15) is 0 Å². The van der Waals surface area contributed by atoms with Gasteiger partial charge in [-0.1, -0.05) is 0 Å². The summed E-state index contributed by atoms with van der Waals surface area (Å²) in [6.45, 7) is 2.55. The van der Waals surface area contributed by atoms with Gasteiger partial charge >= 0.3 is 6.03 Å². The third-order valence-electron chi connectivity index (χ3n) is 2.84. The third kappa shape index (κ3) is 2.87. The van der Waals surface area contributed by atoms with Crippen molar-refractivity contribution in [1.29, 1.82) is 0 Å². The van der Waals surface area contributed by atoms with Gasteiger partial charge in [0.15, 0.2) is 0 Å². The summed E-state index contributed by atoms with van der Waals surface area (Å²) in [4.78, 5) is 15.2. The molecule has 0 atom stereocenters. The summed E-state index contributed by atoms with van der Waals surface area (Å²) in [6.07, 6.45) is 3.32. The van der Waals surface area contributed by atoms with Crippen LogP contribution in [0.1, 0.15) is 19.3 Å². The number of urea groups is 1. The molecule has 1 heterocycles. The Morgan fingerprint density at radius 1 is 1.43 bits per heavy atom. The maximum Gasteiger partial charge on any atom is 0.319 e. The average molecular weight is 199 g/mol. The Balaban J connectivity index is 2.32. The lowest BCUT2D eigenvalue weighted by Gasteiger charge is -2.33. The van der Waals surface area contributed by atoms with Crippen LogP contribution in [0, 0.1) is 5.92 Å². The minimum atomic E-state index is 0.135. The summed E-state index contributed by atoms with van der Waals surface area (Å²) in [5, 5.41) is 0. The van der Waals surface area contributed by atoms with Crippen LogP contribution in [-0.4, -0.2) is 49.6 Å². The van der Waals surface area contributed by atoms with Crippen LogP contribution in [0.4, 0.5) is 4.79 Å². The first kappa shape index (κ1) is 11.3. The van der Waals surface area contributed by atoms with Crippen molar-refractivity contribution in [3.8, 4) is 0 Å². The molecule has 2 amide bonds. The number of nitrogens with zero attached hydrogens (tertiary/aromatic N) is 2. The van der Waals surface area contributed by atoms with Crippen LogP contribution in [0.3, 0.4) is 0 Å². The van der Waals surface area contributed by atoms with Gasteiger partial charge < -0.3 is 15.5 Å². The number of piperidine rings is 1. The van der Waals surface area contributed by atoms with Crippen molar-refractivity contribution < 1.29 is 4.79 Å². The van der Waals surface area contributed by atoms with E-state index < -0.39 is 0 Å². The lowest BCUT2D eigenvalue weighted by Crippen LogP contribution is -2.44. The van der Waals surface area contributed by atoms with Crippen molar-refractivity contribution in [3.63, 3.8) is 0 Å². The largest absolute Gasteiger partial charge is 0.331 e. The molecule has 1 saturated heterocycles. The number of likely N-dealkylation sites (tertiary alicyclic amines) is 1. The van der Waals surface area contributed by atoms with Gasteiger partial charge in [-0.05, 0) is 31.7 Å². The third-order valence-corrected chi connectivity index (χ3v) is 2.84. The predicted octanol–water partition coefficient (Wildman–Crippen LogP) is 0.729. The van der Waals surface area contributed by atoms with E-state index in [1.54, 1.807) is 19.0 Å². The Hall–Kier alpha value is -0.770. The second-order valence-corrected chi connectivity index (χ2v) is 4.18. The summed E-state index contributed by atoms with van der Waals surface area (Å²) in [5.74, 6) is 0.728. The Kier molecular flexibility index (Phi) is 4.20. The zero-order valence-corrected chi connectivity index (χ0v) is 9.20. The van der Waals surface area contributed by atoms with Crippen molar-refractivity contribution in [2.24, 2.45) is 11.7 Å². The van der Waals surface area contributed by atoms with E-state index in [4.69, 9.17) is 5.73 Å². The Labute approximate surface area is 86.0 Å². The van der Waals surface area contributed by atoms with Gasteiger partial charge in [0.05, 0.1) is 0 Å². The van der Waals surface area contributed by atoms with Crippen molar-refractivity contribution in [1.82, 2.24) is 9.80 Å². The number of carbonyl (C=O) groups excluding carboxylic acids is 1. The summed E-state index contributed by atoms with van der Waals surface area (Å²) in [7, 11) is 3.60. The summed E-state index contributed by atoms with van der Waals surface area (Å²) in [5.41, 5.74) is 5.51. The molecule has 0 aromatic heterocycles. The number of hydrogen-bond acceptors (Lipinski definition) is 2. The van der Waals surface area contributed by atoms with Crippen LogP contribution < -0.4 is 5.73 Å². The van der Waals surface area contributed by atoms with Crippen molar-refractivity contribution in [2.45, 2.75) is 19.3 Å². The second-order valence-electron chi connectivity index (χ2n) is 4.18. The first-order valence-corrected chi connectivity index (χ1v) is 5.31. The van der Waals surface area contributed by atoms with Gasteiger partial charge in [-0.3, -0.25) is 0 Å². The molecule has 0 bridgehead atoms. The fourth-order valence-electron chi connectivity index (χ4n) is 1.93. The molecule has 0 spiro atoms. The van der Waals surface area contributed by atoms with Gasteiger partial charge in [0.25, 0.3) is 0 Å². The molecular weight excluding hydrogens is 178 g/mol. The molecule has 1 aliphatic rings. The van der Waals surface area contributed by atoms with Gasteiger partial charge in [0, 0.05) is 27.2 Å². The Bertz CT molecular complexity index is 186. The minimum absolute atomic E-state index is 0.135. The van der Waals surface area contributed by atoms with Crippen LogP contribution in [-0.2, 0) is 0 Å². The normalized spacial score (nSPS) is 18.4. The number of hydrogen-bond donors (Lipinski definition) is 1. The molecule has 0 radical (unpaired) electrons. The predicted molar refractivity (Wildman–Crippen MR) is 57.1 cm³/mol. The van der Waals surface area contributed by atoms with E-state index >= 15 is 0 Å². The lowest BCUT2D eigenvalue weighted by atomic mass is 9.94. The molecule has 82 valence electrons. The molecular formula is C10H21N3O. The standard InChI is InChI=1S/C10H21N3O/c1-12(2)10(14)13-7-4-9(3-6-11)5-8-13/h9H,3-8,11H2,1-2H3. The molecule has 14 heavy (non-hydrogen) atoms.